The fourth-order valence-electron chi connectivity index (χ4n) is 2.42. The summed E-state index contributed by atoms with van der Waals surface area (Å²) in [6, 6.07) is 8.72. The Morgan fingerprint density at radius 2 is 2.05 bits per heavy atom. The Morgan fingerprint density at radius 3 is 2.62 bits per heavy atom. The fourth-order valence-corrected chi connectivity index (χ4v) is 4.45. The minimum absolute atomic E-state index is 0.341. The van der Waals surface area contributed by atoms with Crippen molar-refractivity contribution in [3.63, 3.8) is 0 Å². The number of halogens is 2. The van der Waals surface area contributed by atoms with Gasteiger partial charge in [-0.25, -0.2) is 4.98 Å². The van der Waals surface area contributed by atoms with Crippen molar-refractivity contribution in [2.24, 2.45) is 5.73 Å². The zero-order valence-electron chi connectivity index (χ0n) is 11.7. The molecule has 0 spiro atoms. The third-order valence-electron chi connectivity index (χ3n) is 3.37. The number of fused-ring (bicyclic) bond motifs is 1. The monoisotopic (exact) mass is 427 g/mol. The zero-order chi connectivity index (χ0) is 15.1. The van der Waals surface area contributed by atoms with Gasteiger partial charge in [0, 0.05) is 17.1 Å². The highest BCUT2D eigenvalue weighted by molar-refractivity contribution is 9.13. The van der Waals surface area contributed by atoms with Gasteiger partial charge in [-0.2, -0.15) is 0 Å². The number of rotatable bonds is 3. The van der Waals surface area contributed by atoms with Gasteiger partial charge in [0.15, 0.2) is 5.82 Å². The maximum absolute atomic E-state index is 5.73. The first-order valence-electron chi connectivity index (χ1n) is 6.67. The van der Waals surface area contributed by atoms with Gasteiger partial charge in [0.05, 0.1) is 19.7 Å². The minimum Gasteiger partial charge on any atom is -0.326 e. The van der Waals surface area contributed by atoms with Gasteiger partial charge < -0.3 is 10.3 Å². The highest BCUT2D eigenvalue weighted by Crippen LogP contribution is 2.39. The van der Waals surface area contributed by atoms with Crippen LogP contribution in [-0.2, 0) is 6.54 Å². The lowest BCUT2D eigenvalue weighted by Crippen LogP contribution is -2.02. The summed E-state index contributed by atoms with van der Waals surface area (Å²) in [5.41, 5.74) is 9.00. The Hall–Kier alpha value is -0.690. The van der Waals surface area contributed by atoms with Crippen molar-refractivity contribution in [1.82, 2.24) is 9.55 Å². The van der Waals surface area contributed by atoms with Crippen molar-refractivity contribution < 1.29 is 0 Å². The first kappa shape index (κ1) is 15.2. The molecule has 6 heteroatoms. The number of nitrogens with two attached hydrogens (primary N) is 1. The van der Waals surface area contributed by atoms with E-state index in [1.807, 2.05) is 0 Å². The number of hydrogen-bond donors (Lipinski definition) is 1. The van der Waals surface area contributed by atoms with Gasteiger partial charge in [-0.05, 0) is 69.5 Å². The van der Waals surface area contributed by atoms with Gasteiger partial charge in [0.1, 0.15) is 0 Å². The zero-order valence-corrected chi connectivity index (χ0v) is 15.7. The molecule has 0 saturated heterocycles. The lowest BCUT2D eigenvalue weighted by atomic mass is 10.2. The summed E-state index contributed by atoms with van der Waals surface area (Å²) in [6.45, 7) is 4.90. The van der Waals surface area contributed by atoms with Gasteiger partial charge in [-0.1, -0.05) is 6.07 Å². The van der Waals surface area contributed by atoms with Gasteiger partial charge in [0.2, 0.25) is 0 Å². The van der Waals surface area contributed by atoms with E-state index in [1.54, 1.807) is 11.3 Å². The topological polar surface area (TPSA) is 43.8 Å². The van der Waals surface area contributed by atoms with Crippen LogP contribution < -0.4 is 5.73 Å². The van der Waals surface area contributed by atoms with Crippen LogP contribution in [0.3, 0.4) is 0 Å². The molecule has 0 radical (unpaired) electrons. The SMILES string of the molecule is CC(C)n1c(-c2cc(Br)c(Br)s2)nc2cc(CN)ccc21. The lowest BCUT2D eigenvalue weighted by Gasteiger charge is -2.12. The molecule has 0 amide bonds. The van der Waals surface area contributed by atoms with Gasteiger partial charge in [0.25, 0.3) is 0 Å². The molecule has 3 nitrogen and oxygen atoms in total. The molecular formula is C15H15Br2N3S. The molecule has 0 aliphatic rings. The molecule has 3 aromatic rings. The fraction of sp³-hybridized carbons (Fsp3) is 0.267. The van der Waals surface area contributed by atoms with Crippen LogP contribution >= 0.6 is 43.2 Å². The van der Waals surface area contributed by atoms with Crippen LogP contribution in [0.1, 0.15) is 25.5 Å². The summed E-state index contributed by atoms with van der Waals surface area (Å²) in [5, 5.41) is 0. The van der Waals surface area contributed by atoms with E-state index in [0.717, 1.165) is 35.6 Å². The quantitative estimate of drug-likeness (QED) is 0.612. The van der Waals surface area contributed by atoms with Gasteiger partial charge in [-0.3, -0.25) is 0 Å². The van der Waals surface area contributed by atoms with E-state index in [2.05, 4.69) is 74.5 Å². The number of benzene rings is 1. The van der Waals surface area contributed by atoms with Crippen LogP contribution in [0.2, 0.25) is 0 Å². The molecule has 0 fully saturated rings. The molecule has 2 aromatic heterocycles. The number of hydrogen-bond acceptors (Lipinski definition) is 3. The van der Waals surface area contributed by atoms with Gasteiger partial charge in [-0.15, -0.1) is 11.3 Å². The van der Waals surface area contributed by atoms with E-state index in [-0.39, 0.29) is 0 Å². The van der Waals surface area contributed by atoms with Crippen LogP contribution in [0.5, 0.6) is 0 Å². The van der Waals surface area contributed by atoms with Crippen LogP contribution in [0, 0.1) is 0 Å². The van der Waals surface area contributed by atoms with E-state index in [1.165, 1.54) is 0 Å². The Labute approximate surface area is 144 Å². The Bertz CT molecular complexity index is 785. The largest absolute Gasteiger partial charge is 0.326 e. The Morgan fingerprint density at radius 1 is 1.29 bits per heavy atom. The van der Waals surface area contributed by atoms with Crippen molar-refractivity contribution in [2.75, 3.05) is 0 Å². The normalized spacial score (nSPS) is 11.7. The molecule has 0 saturated carbocycles. The first-order chi connectivity index (χ1) is 10.0. The number of aromatic nitrogens is 2. The molecule has 1 aromatic carbocycles. The summed E-state index contributed by atoms with van der Waals surface area (Å²) in [5.74, 6) is 1.01. The van der Waals surface area contributed by atoms with Crippen LogP contribution in [-0.4, -0.2) is 9.55 Å². The molecule has 21 heavy (non-hydrogen) atoms. The lowest BCUT2D eigenvalue weighted by molar-refractivity contribution is 0.625. The summed E-state index contributed by atoms with van der Waals surface area (Å²) in [7, 11) is 0. The van der Waals surface area contributed by atoms with E-state index in [4.69, 9.17) is 10.7 Å². The van der Waals surface area contributed by atoms with Crippen molar-refractivity contribution in [2.45, 2.75) is 26.4 Å². The van der Waals surface area contributed by atoms with Crippen LogP contribution in [0.25, 0.3) is 21.7 Å². The molecule has 0 aliphatic carbocycles. The summed E-state index contributed by atoms with van der Waals surface area (Å²) >= 11 is 8.80. The second-order valence-electron chi connectivity index (χ2n) is 5.16. The molecule has 0 unspecified atom stereocenters. The number of nitrogens with zero attached hydrogens (tertiary/aromatic N) is 2. The van der Waals surface area contributed by atoms with Crippen molar-refractivity contribution in [3.8, 4) is 10.7 Å². The van der Waals surface area contributed by atoms with Crippen LogP contribution in [0.15, 0.2) is 32.5 Å². The van der Waals surface area contributed by atoms with Crippen LogP contribution in [0.4, 0.5) is 0 Å². The highest BCUT2D eigenvalue weighted by Gasteiger charge is 2.17. The third kappa shape index (κ3) is 2.70. The van der Waals surface area contributed by atoms with Gasteiger partial charge >= 0.3 is 0 Å². The maximum Gasteiger partial charge on any atom is 0.151 e. The van der Waals surface area contributed by atoms with Crippen molar-refractivity contribution in [1.29, 1.82) is 0 Å². The highest BCUT2D eigenvalue weighted by atomic mass is 79.9. The molecule has 0 atom stereocenters. The smallest absolute Gasteiger partial charge is 0.151 e. The summed E-state index contributed by atoms with van der Waals surface area (Å²) in [4.78, 5) is 5.99. The average Bonchev–Trinajstić information content (AvgIpc) is 2.98. The molecule has 0 bridgehead atoms. The third-order valence-corrected chi connectivity index (χ3v) is 6.62. The second kappa shape index (κ2) is 5.83. The first-order valence-corrected chi connectivity index (χ1v) is 9.07. The summed E-state index contributed by atoms with van der Waals surface area (Å²) < 4.78 is 4.43. The molecule has 110 valence electrons. The average molecular weight is 429 g/mol. The maximum atomic E-state index is 5.73. The van der Waals surface area contributed by atoms with E-state index >= 15 is 0 Å². The van der Waals surface area contributed by atoms with Crippen molar-refractivity contribution in [3.05, 3.63) is 38.1 Å². The molecule has 0 aliphatic heterocycles. The van der Waals surface area contributed by atoms with E-state index in [0.29, 0.717) is 12.6 Å². The molecular weight excluding hydrogens is 414 g/mol. The minimum atomic E-state index is 0.341. The predicted octanol–water partition coefficient (Wildman–Crippen LogP) is 5.33. The predicted molar refractivity (Wildman–Crippen MR) is 96.7 cm³/mol. The molecule has 3 rings (SSSR count). The Kier molecular flexibility index (Phi) is 4.23. The molecule has 2 heterocycles. The van der Waals surface area contributed by atoms with Crippen molar-refractivity contribution >= 4 is 54.2 Å². The number of imidazole rings is 1. The standard InChI is InChI=1S/C15H15Br2N3S/c1-8(2)20-12-4-3-9(7-18)5-11(12)19-15(20)13-6-10(16)14(17)21-13/h3-6,8H,7,18H2,1-2H3. The second-order valence-corrected chi connectivity index (χ2v) is 8.38. The number of thiophene rings is 1. The van der Waals surface area contributed by atoms with E-state index in [9.17, 15) is 0 Å². The molecule has 2 N–H and O–H groups in total. The van der Waals surface area contributed by atoms with E-state index < -0.39 is 0 Å². The summed E-state index contributed by atoms with van der Waals surface area (Å²) in [6.07, 6.45) is 0. The Balaban J connectivity index is 2.28.